The molecule has 2 aromatic heterocycles. The van der Waals surface area contributed by atoms with Crippen molar-refractivity contribution in [1.29, 1.82) is 0 Å². The Morgan fingerprint density at radius 1 is 1.03 bits per heavy atom. The second-order valence-corrected chi connectivity index (χ2v) is 8.41. The molecule has 2 aromatic carbocycles. The number of nitrogens with one attached hydrogen (secondary N) is 2. The lowest BCUT2D eigenvalue weighted by atomic mass is 9.99. The van der Waals surface area contributed by atoms with Gasteiger partial charge in [-0.1, -0.05) is 42.5 Å². The Kier molecular flexibility index (Phi) is 6.91. The molecule has 1 atom stereocenters. The lowest BCUT2D eigenvalue weighted by Gasteiger charge is -2.19. The summed E-state index contributed by atoms with van der Waals surface area (Å²) in [5.74, 6) is -0.709. The van der Waals surface area contributed by atoms with Crippen molar-refractivity contribution < 1.29 is 14.3 Å². The zero-order valence-corrected chi connectivity index (χ0v) is 19.9. The van der Waals surface area contributed by atoms with Crippen LogP contribution < -0.4 is 15.4 Å². The van der Waals surface area contributed by atoms with E-state index in [0.717, 1.165) is 27.0 Å². The third-order valence-corrected chi connectivity index (χ3v) is 5.95. The number of carbonyl (C=O) groups is 2. The molecular formula is C27H27N5O3. The van der Waals surface area contributed by atoms with E-state index in [2.05, 4.69) is 15.7 Å². The molecule has 0 aliphatic carbocycles. The third-order valence-electron chi connectivity index (χ3n) is 5.95. The Balaban J connectivity index is 1.54. The monoisotopic (exact) mass is 469 g/mol. The van der Waals surface area contributed by atoms with Crippen molar-refractivity contribution in [3.8, 4) is 11.1 Å². The molecule has 0 bridgehead atoms. The van der Waals surface area contributed by atoms with Crippen LogP contribution in [0.4, 0.5) is 5.69 Å². The highest BCUT2D eigenvalue weighted by molar-refractivity contribution is 6.00. The molecule has 178 valence electrons. The molecule has 2 N–H and O–H groups in total. The fraction of sp³-hybridized carbons (Fsp3) is 0.185. The first-order valence-electron chi connectivity index (χ1n) is 11.3. The van der Waals surface area contributed by atoms with Crippen LogP contribution in [0.15, 0.2) is 79.1 Å². The van der Waals surface area contributed by atoms with Gasteiger partial charge >= 0.3 is 0 Å². The molecule has 0 radical (unpaired) electrons. The van der Waals surface area contributed by atoms with E-state index in [4.69, 9.17) is 0 Å². The topological polar surface area (TPSA) is 103 Å². The molecule has 0 unspecified atom stereocenters. The minimum absolute atomic E-state index is 0.332. The smallest absolute Gasteiger partial charge is 0.270 e. The van der Waals surface area contributed by atoms with Gasteiger partial charge < -0.3 is 15.8 Å². The van der Waals surface area contributed by atoms with Crippen molar-refractivity contribution in [1.82, 2.24) is 15.1 Å². The fourth-order valence-electron chi connectivity index (χ4n) is 4.04. The van der Waals surface area contributed by atoms with Crippen molar-refractivity contribution in [2.24, 2.45) is 7.05 Å². The first kappa shape index (κ1) is 23.7. The van der Waals surface area contributed by atoms with Crippen molar-refractivity contribution in [3.05, 3.63) is 107 Å². The molecule has 0 aliphatic heterocycles. The molecule has 0 saturated heterocycles. The molecule has 4 aromatic rings. The number of pyridine rings is 1. The largest absolute Gasteiger partial charge is 0.618 e. The van der Waals surface area contributed by atoms with E-state index in [0.29, 0.717) is 23.5 Å². The highest BCUT2D eigenvalue weighted by atomic mass is 16.5. The molecular weight excluding hydrogens is 442 g/mol. The summed E-state index contributed by atoms with van der Waals surface area (Å²) in [7, 11) is 1.67. The lowest BCUT2D eigenvalue weighted by Crippen LogP contribution is -2.45. The Bertz CT molecular complexity index is 1350. The van der Waals surface area contributed by atoms with E-state index in [1.54, 1.807) is 38.2 Å². The van der Waals surface area contributed by atoms with Gasteiger partial charge in [0.25, 0.3) is 5.91 Å². The van der Waals surface area contributed by atoms with Crippen LogP contribution in [0.3, 0.4) is 0 Å². The predicted molar refractivity (Wildman–Crippen MR) is 134 cm³/mol. The van der Waals surface area contributed by atoms with Crippen LogP contribution in [0, 0.1) is 19.1 Å². The van der Waals surface area contributed by atoms with Crippen molar-refractivity contribution in [2.45, 2.75) is 26.3 Å². The fourth-order valence-corrected chi connectivity index (χ4v) is 4.04. The zero-order chi connectivity index (χ0) is 24.9. The Morgan fingerprint density at radius 3 is 2.40 bits per heavy atom. The van der Waals surface area contributed by atoms with Crippen LogP contribution >= 0.6 is 0 Å². The van der Waals surface area contributed by atoms with Gasteiger partial charge in [0.2, 0.25) is 5.91 Å². The number of amides is 2. The molecule has 4 rings (SSSR count). The summed E-state index contributed by atoms with van der Waals surface area (Å²) in [6.45, 7) is 3.74. The van der Waals surface area contributed by atoms with Gasteiger partial charge in [-0.25, -0.2) is 0 Å². The van der Waals surface area contributed by atoms with E-state index >= 15 is 0 Å². The van der Waals surface area contributed by atoms with E-state index < -0.39 is 6.04 Å². The maximum absolute atomic E-state index is 13.2. The van der Waals surface area contributed by atoms with E-state index in [1.165, 1.54) is 17.1 Å². The average molecular weight is 470 g/mol. The summed E-state index contributed by atoms with van der Waals surface area (Å²) >= 11 is 0. The highest BCUT2D eigenvalue weighted by Crippen LogP contribution is 2.26. The molecule has 35 heavy (non-hydrogen) atoms. The number of nitrogens with zero attached hydrogens (tertiary/aromatic N) is 3. The van der Waals surface area contributed by atoms with Gasteiger partial charge in [0, 0.05) is 38.3 Å². The highest BCUT2D eigenvalue weighted by Gasteiger charge is 2.23. The summed E-state index contributed by atoms with van der Waals surface area (Å²) in [6.07, 6.45) is 3.36. The first-order valence-corrected chi connectivity index (χ1v) is 11.3. The van der Waals surface area contributed by atoms with Gasteiger partial charge in [-0.05, 0) is 41.8 Å². The maximum Gasteiger partial charge on any atom is 0.270 e. The molecule has 0 saturated carbocycles. The number of aryl methyl sites for hydroxylation is 2. The van der Waals surface area contributed by atoms with Gasteiger partial charge in [-0.3, -0.25) is 14.3 Å². The van der Waals surface area contributed by atoms with Crippen molar-refractivity contribution in [2.75, 3.05) is 5.32 Å². The number of benzene rings is 2. The molecule has 8 heteroatoms. The second-order valence-electron chi connectivity index (χ2n) is 8.41. The minimum Gasteiger partial charge on any atom is -0.618 e. The van der Waals surface area contributed by atoms with Crippen LogP contribution in [0.5, 0.6) is 0 Å². The Morgan fingerprint density at radius 2 is 1.74 bits per heavy atom. The summed E-state index contributed by atoms with van der Waals surface area (Å²) in [4.78, 5) is 26.0. The minimum atomic E-state index is -0.794. The average Bonchev–Trinajstić information content (AvgIpc) is 3.29. The van der Waals surface area contributed by atoms with Gasteiger partial charge in [0.15, 0.2) is 11.9 Å². The lowest BCUT2D eigenvalue weighted by molar-refractivity contribution is -0.611. The standard InChI is InChI=1S/C27H27N5O3/c1-18-14-16-32(35)19(2)25(18)21-9-11-22(12-10-21)29-26(33)23(17-20-7-5-4-6-8-20)30-27(34)24-13-15-28-31(24)3/h4-16,23H,17H2,1-3H3,(H,29,33)(H,30,34)/t23-/m0/s1. The first-order chi connectivity index (χ1) is 16.8. The number of hydrogen-bond donors (Lipinski definition) is 2. The maximum atomic E-state index is 13.2. The number of hydrogen-bond acceptors (Lipinski definition) is 4. The molecule has 0 spiro atoms. The third kappa shape index (κ3) is 5.38. The second kappa shape index (κ2) is 10.2. The summed E-state index contributed by atoms with van der Waals surface area (Å²) in [6, 6.07) is 19.4. The molecule has 8 nitrogen and oxygen atoms in total. The zero-order valence-electron chi connectivity index (χ0n) is 19.9. The Labute approximate surface area is 203 Å². The Hall–Kier alpha value is -4.46. The molecule has 2 heterocycles. The normalized spacial score (nSPS) is 11.6. The van der Waals surface area contributed by atoms with Gasteiger partial charge in [0.05, 0.1) is 5.56 Å². The summed E-state index contributed by atoms with van der Waals surface area (Å²) < 4.78 is 2.31. The van der Waals surface area contributed by atoms with Gasteiger partial charge in [-0.2, -0.15) is 9.83 Å². The predicted octanol–water partition coefficient (Wildman–Crippen LogP) is 3.32. The molecule has 2 amide bonds. The molecule has 0 aliphatic rings. The SMILES string of the molecule is Cc1cc[n+]([O-])c(C)c1-c1ccc(NC(=O)[C@H](Cc2ccccc2)NC(=O)c2ccnn2C)cc1. The van der Waals surface area contributed by atoms with E-state index in [9.17, 15) is 14.8 Å². The quantitative estimate of drug-likeness (QED) is 0.320. The van der Waals surface area contributed by atoms with Crippen LogP contribution in [0.1, 0.15) is 27.3 Å². The van der Waals surface area contributed by atoms with E-state index in [-0.39, 0.29) is 11.8 Å². The van der Waals surface area contributed by atoms with Gasteiger partial charge in [0.1, 0.15) is 11.7 Å². The summed E-state index contributed by atoms with van der Waals surface area (Å²) in [5, 5.41) is 21.8. The van der Waals surface area contributed by atoms with Crippen molar-refractivity contribution >= 4 is 17.5 Å². The van der Waals surface area contributed by atoms with Crippen LogP contribution in [-0.2, 0) is 18.3 Å². The van der Waals surface area contributed by atoms with Crippen LogP contribution in [0.2, 0.25) is 0 Å². The van der Waals surface area contributed by atoms with Crippen molar-refractivity contribution in [3.63, 3.8) is 0 Å². The number of aromatic nitrogens is 3. The van der Waals surface area contributed by atoms with Crippen LogP contribution in [-0.4, -0.2) is 27.6 Å². The summed E-state index contributed by atoms with van der Waals surface area (Å²) in [5.41, 5.74) is 5.24. The number of anilines is 1. The van der Waals surface area contributed by atoms with E-state index in [1.807, 2.05) is 49.4 Å². The number of carbonyl (C=O) groups excluding carboxylic acids is 2. The number of rotatable bonds is 7. The molecule has 0 fully saturated rings. The van der Waals surface area contributed by atoms with Gasteiger partial charge in [-0.15, -0.1) is 0 Å². The van der Waals surface area contributed by atoms with Crippen LogP contribution in [0.25, 0.3) is 11.1 Å².